The van der Waals surface area contributed by atoms with Gasteiger partial charge in [-0.15, -0.1) is 10.2 Å². The van der Waals surface area contributed by atoms with Gasteiger partial charge in [-0.2, -0.15) is 13.2 Å². The lowest BCUT2D eigenvalue weighted by molar-refractivity contribution is -0.183. The van der Waals surface area contributed by atoms with Crippen molar-refractivity contribution in [2.24, 2.45) is 5.92 Å². The second kappa shape index (κ2) is 4.60. The molecule has 0 radical (unpaired) electrons. The van der Waals surface area contributed by atoms with E-state index in [9.17, 15) is 13.2 Å². The van der Waals surface area contributed by atoms with Crippen molar-refractivity contribution in [1.29, 1.82) is 0 Å². The number of rotatable bonds is 1. The van der Waals surface area contributed by atoms with E-state index in [0.717, 1.165) is 11.4 Å². The van der Waals surface area contributed by atoms with E-state index in [1.54, 1.807) is 0 Å². The highest BCUT2D eigenvalue weighted by atomic mass is 79.9. The highest BCUT2D eigenvalue weighted by Crippen LogP contribution is 2.44. The number of halogens is 4. The normalized spacial score (nSPS) is 27.0. The first kappa shape index (κ1) is 12.3. The van der Waals surface area contributed by atoms with Crippen LogP contribution < -0.4 is 0 Å². The van der Waals surface area contributed by atoms with Crippen LogP contribution in [0.3, 0.4) is 0 Å². The van der Waals surface area contributed by atoms with Gasteiger partial charge in [-0.25, -0.2) is 0 Å². The van der Waals surface area contributed by atoms with Crippen LogP contribution in [0.4, 0.5) is 13.2 Å². The molecule has 2 atom stereocenters. The predicted molar refractivity (Wildman–Crippen MR) is 58.4 cm³/mol. The summed E-state index contributed by atoms with van der Waals surface area (Å²) < 4.78 is 38.4. The van der Waals surface area contributed by atoms with E-state index >= 15 is 0 Å². The quantitative estimate of drug-likeness (QED) is 0.778. The van der Waals surface area contributed by atoms with Crippen molar-refractivity contribution in [2.45, 2.75) is 37.8 Å². The third kappa shape index (κ3) is 2.74. The van der Waals surface area contributed by atoms with Gasteiger partial charge in [0.1, 0.15) is 5.01 Å². The molecule has 0 saturated heterocycles. The molecule has 1 aliphatic carbocycles. The van der Waals surface area contributed by atoms with Crippen LogP contribution in [-0.4, -0.2) is 16.4 Å². The summed E-state index contributed by atoms with van der Waals surface area (Å²) in [5.74, 6) is -1.25. The number of nitrogens with zero attached hydrogens (tertiary/aromatic N) is 2. The summed E-state index contributed by atoms with van der Waals surface area (Å²) >= 11 is 4.51. The minimum absolute atomic E-state index is 0.0795. The number of hydrogen-bond acceptors (Lipinski definition) is 3. The second-order valence-corrected chi connectivity index (χ2v) is 6.28. The van der Waals surface area contributed by atoms with Crippen LogP contribution in [-0.2, 0) is 0 Å². The fraction of sp³-hybridized carbons (Fsp3) is 0.778. The number of hydrogen-bond donors (Lipinski definition) is 0. The standard InChI is InChI=1S/C9H10BrF3N2S/c10-8-15-14-7(16-8)5-2-1-3-6(4-5)9(11,12)13/h5-6H,1-4H2. The summed E-state index contributed by atoms with van der Waals surface area (Å²) in [7, 11) is 0. The van der Waals surface area contributed by atoms with Gasteiger partial charge in [0.15, 0.2) is 3.92 Å². The predicted octanol–water partition coefficient (Wildman–Crippen LogP) is 4.14. The summed E-state index contributed by atoms with van der Waals surface area (Å²) in [5.41, 5.74) is 0. The lowest BCUT2D eigenvalue weighted by atomic mass is 9.81. The molecule has 2 nitrogen and oxygen atoms in total. The molecule has 1 saturated carbocycles. The molecule has 1 aliphatic rings. The van der Waals surface area contributed by atoms with Crippen LogP contribution in [0.5, 0.6) is 0 Å². The first-order valence-corrected chi connectivity index (χ1v) is 6.63. The van der Waals surface area contributed by atoms with Crippen LogP contribution in [0.2, 0.25) is 0 Å². The molecule has 1 fully saturated rings. The summed E-state index contributed by atoms with van der Waals surface area (Å²) in [6.45, 7) is 0. The Labute approximate surface area is 103 Å². The summed E-state index contributed by atoms with van der Waals surface area (Å²) in [5, 5.41) is 8.42. The van der Waals surface area contributed by atoms with Gasteiger partial charge in [-0.05, 0) is 35.2 Å². The third-order valence-electron chi connectivity index (χ3n) is 2.90. The van der Waals surface area contributed by atoms with E-state index in [0.29, 0.717) is 10.3 Å². The number of alkyl halides is 3. The average Bonchev–Trinajstić information content (AvgIpc) is 2.64. The van der Waals surface area contributed by atoms with Crippen molar-refractivity contribution in [2.75, 3.05) is 0 Å². The van der Waals surface area contributed by atoms with Crippen LogP contribution in [0.1, 0.15) is 36.6 Å². The molecule has 0 bridgehead atoms. The first-order chi connectivity index (χ1) is 7.47. The van der Waals surface area contributed by atoms with E-state index < -0.39 is 12.1 Å². The number of aromatic nitrogens is 2. The Balaban J connectivity index is 2.07. The van der Waals surface area contributed by atoms with Gasteiger partial charge in [0.05, 0.1) is 5.92 Å². The SMILES string of the molecule is FC(F)(F)C1CCCC(c2nnc(Br)s2)C1. The third-order valence-corrected chi connectivity index (χ3v) is 4.42. The van der Waals surface area contributed by atoms with Crippen LogP contribution in [0.25, 0.3) is 0 Å². The Kier molecular flexibility index (Phi) is 3.53. The minimum atomic E-state index is -4.07. The molecule has 0 spiro atoms. The van der Waals surface area contributed by atoms with E-state index in [1.807, 2.05) is 0 Å². The smallest absolute Gasteiger partial charge is 0.171 e. The molecular weight excluding hydrogens is 305 g/mol. The Bertz CT molecular complexity index is 366. The molecule has 0 aromatic carbocycles. The Morgan fingerprint density at radius 1 is 1.25 bits per heavy atom. The highest BCUT2D eigenvalue weighted by molar-refractivity contribution is 9.11. The first-order valence-electron chi connectivity index (χ1n) is 5.02. The highest BCUT2D eigenvalue weighted by Gasteiger charge is 2.42. The maximum absolute atomic E-state index is 12.6. The van der Waals surface area contributed by atoms with E-state index in [-0.39, 0.29) is 18.8 Å². The molecule has 7 heteroatoms. The zero-order chi connectivity index (χ0) is 11.8. The van der Waals surface area contributed by atoms with Crippen LogP contribution in [0, 0.1) is 5.92 Å². The van der Waals surface area contributed by atoms with Crippen LogP contribution >= 0.6 is 27.3 Å². The molecule has 1 aromatic heterocycles. The van der Waals surface area contributed by atoms with E-state index in [2.05, 4.69) is 26.1 Å². The molecule has 1 aromatic rings. The fourth-order valence-corrected chi connectivity index (χ4v) is 3.39. The zero-order valence-corrected chi connectivity index (χ0v) is 10.7. The second-order valence-electron chi connectivity index (χ2n) is 4.00. The van der Waals surface area contributed by atoms with Gasteiger partial charge in [-0.1, -0.05) is 17.8 Å². The molecular formula is C9H10BrF3N2S. The van der Waals surface area contributed by atoms with Gasteiger partial charge in [0.2, 0.25) is 0 Å². The maximum Gasteiger partial charge on any atom is 0.391 e. The van der Waals surface area contributed by atoms with Crippen molar-refractivity contribution >= 4 is 27.3 Å². The topological polar surface area (TPSA) is 25.8 Å². The van der Waals surface area contributed by atoms with Crippen molar-refractivity contribution in [3.8, 4) is 0 Å². The Morgan fingerprint density at radius 3 is 2.56 bits per heavy atom. The lowest BCUT2D eigenvalue weighted by Gasteiger charge is -2.29. The summed E-state index contributed by atoms with van der Waals surface area (Å²) in [6, 6.07) is 0. The van der Waals surface area contributed by atoms with Gasteiger partial charge >= 0.3 is 6.18 Å². The minimum Gasteiger partial charge on any atom is -0.171 e. The van der Waals surface area contributed by atoms with Gasteiger partial charge in [0, 0.05) is 5.92 Å². The van der Waals surface area contributed by atoms with Crippen molar-refractivity contribution < 1.29 is 13.2 Å². The largest absolute Gasteiger partial charge is 0.391 e. The molecule has 0 N–H and O–H groups in total. The van der Waals surface area contributed by atoms with Crippen LogP contribution in [0.15, 0.2) is 3.92 Å². The molecule has 2 unspecified atom stereocenters. The van der Waals surface area contributed by atoms with Crippen molar-refractivity contribution in [3.63, 3.8) is 0 Å². The molecule has 1 heterocycles. The lowest BCUT2D eigenvalue weighted by Crippen LogP contribution is -2.28. The average molecular weight is 315 g/mol. The van der Waals surface area contributed by atoms with Crippen molar-refractivity contribution in [1.82, 2.24) is 10.2 Å². The monoisotopic (exact) mass is 314 g/mol. The van der Waals surface area contributed by atoms with Gasteiger partial charge in [-0.3, -0.25) is 0 Å². The van der Waals surface area contributed by atoms with Crippen molar-refractivity contribution in [3.05, 3.63) is 8.92 Å². The molecule has 0 amide bonds. The maximum atomic E-state index is 12.6. The molecule has 16 heavy (non-hydrogen) atoms. The summed E-state index contributed by atoms with van der Waals surface area (Å²) in [4.78, 5) is 0. The van der Waals surface area contributed by atoms with E-state index in [4.69, 9.17) is 0 Å². The van der Waals surface area contributed by atoms with Gasteiger partial charge < -0.3 is 0 Å². The zero-order valence-electron chi connectivity index (χ0n) is 8.30. The summed E-state index contributed by atoms with van der Waals surface area (Å²) in [6.07, 6.45) is -2.26. The van der Waals surface area contributed by atoms with Gasteiger partial charge in [0.25, 0.3) is 0 Å². The molecule has 2 rings (SSSR count). The molecule has 90 valence electrons. The fourth-order valence-electron chi connectivity index (χ4n) is 2.09. The molecule has 0 aliphatic heterocycles. The Hall–Kier alpha value is -0.170. The Morgan fingerprint density at radius 2 is 2.00 bits per heavy atom. The van der Waals surface area contributed by atoms with E-state index in [1.165, 1.54) is 11.3 Å².